The maximum atomic E-state index is 12.8. The third-order valence-electron chi connectivity index (χ3n) is 10.5. The van der Waals surface area contributed by atoms with Crippen LogP contribution >= 0.6 is 0 Å². The molecule has 0 aromatic carbocycles. The molecule has 0 saturated carbocycles. The summed E-state index contributed by atoms with van der Waals surface area (Å²) in [4.78, 5) is 27.7. The Morgan fingerprint density at radius 2 is 1.00 bits per heavy atom. The minimum atomic E-state index is -4.34. The first-order valence-electron chi connectivity index (χ1n) is 22.8. The summed E-state index contributed by atoms with van der Waals surface area (Å²) in [7, 11) is -4.34. The van der Waals surface area contributed by atoms with E-state index in [2.05, 4.69) is 43.1 Å². The van der Waals surface area contributed by atoms with Crippen molar-refractivity contribution in [2.24, 2.45) is 5.14 Å². The second kappa shape index (κ2) is 36.6. The highest BCUT2D eigenvalue weighted by Gasteiger charge is 2.37. The lowest BCUT2D eigenvalue weighted by molar-refractivity contribution is -0.159. The number of rotatable bonds is 39. The molecule has 1 aliphatic rings. The number of esters is 2. The summed E-state index contributed by atoms with van der Waals surface area (Å²) < 4.78 is 42.2. The molecule has 2 unspecified atom stereocenters. The number of nitrogens with two attached hydrogens (primary N) is 1. The fourth-order valence-electron chi connectivity index (χ4n) is 7.02. The van der Waals surface area contributed by atoms with Gasteiger partial charge in [0, 0.05) is 19.4 Å². The van der Waals surface area contributed by atoms with Gasteiger partial charge in [0.25, 0.3) is 0 Å². The highest BCUT2D eigenvalue weighted by Crippen LogP contribution is 2.17. The highest BCUT2D eigenvalue weighted by atomic mass is 32.2. The van der Waals surface area contributed by atoms with Crippen LogP contribution in [0.1, 0.15) is 206 Å². The molecule has 1 rings (SSSR count). The minimum absolute atomic E-state index is 0.0972. The first kappa shape index (κ1) is 51.3. The molecule has 1 heterocycles. The highest BCUT2D eigenvalue weighted by molar-refractivity contribution is 7.89. The lowest BCUT2D eigenvalue weighted by atomic mass is 10.1. The van der Waals surface area contributed by atoms with E-state index in [1.807, 2.05) is 0 Å². The fourth-order valence-corrected chi connectivity index (χ4v) is 7.84. The molecule has 0 aliphatic carbocycles. The molecule has 322 valence electrons. The summed E-state index contributed by atoms with van der Waals surface area (Å²) >= 11 is 0. The van der Waals surface area contributed by atoms with Gasteiger partial charge in [-0.25, -0.2) is 13.6 Å². The van der Waals surface area contributed by atoms with Crippen molar-refractivity contribution in [2.75, 3.05) is 32.8 Å². The fraction of sp³-hybridized carbons (Fsp3) is 0.867. The zero-order chi connectivity index (χ0) is 40.1. The van der Waals surface area contributed by atoms with Crippen molar-refractivity contribution >= 4 is 22.0 Å². The monoisotopic (exact) mass is 797 g/mol. The first-order valence-corrected chi connectivity index (χ1v) is 24.4. The van der Waals surface area contributed by atoms with Crippen LogP contribution in [0.5, 0.6) is 0 Å². The lowest BCUT2D eigenvalue weighted by Gasteiger charge is -2.26. The number of allylic oxidation sites excluding steroid dienone is 4. The number of carbonyl (C=O) groups is 2. The number of carbonyl (C=O) groups excluding carboxylic acids is 2. The van der Waals surface area contributed by atoms with Gasteiger partial charge < -0.3 is 19.1 Å². The number of unbranched alkanes of at least 4 members (excludes halogenated alkanes) is 22. The molecule has 0 spiro atoms. The molecule has 0 aromatic rings. The van der Waals surface area contributed by atoms with Crippen molar-refractivity contribution in [1.29, 1.82) is 0 Å². The SMILES string of the molecule is CCCCCCCC/C=C\CCCCCCCC(=O)OCC(OCCN1CCCC1)C(OC(=O)CCCCCCC/C=C\CCCCCCCC)S(N)(=O)=O. The quantitative estimate of drug-likeness (QED) is 0.0370. The van der Waals surface area contributed by atoms with Gasteiger partial charge in [-0.3, -0.25) is 9.59 Å². The Labute approximate surface area is 338 Å². The maximum Gasteiger partial charge on any atom is 0.307 e. The molecule has 2 N–H and O–H groups in total. The van der Waals surface area contributed by atoms with Crippen LogP contribution in [0.2, 0.25) is 0 Å². The van der Waals surface area contributed by atoms with E-state index < -0.39 is 33.5 Å². The standard InChI is InChI=1S/C45H84N2O7S/c1-3-5-7-9-11-13-15-17-19-21-23-25-27-29-31-35-43(48)53-41-42(52-40-39-47-37-33-34-38-47)45(55(46,50)51)54-44(49)36-32-30-28-26-24-22-20-18-16-14-12-10-8-6-4-2/h17-20,42,45H,3-16,21-41H2,1-2H3,(H2,46,50,51)/b19-17-,20-18-. The van der Waals surface area contributed by atoms with E-state index in [1.165, 1.54) is 89.9 Å². The molecule has 0 aromatic heterocycles. The van der Waals surface area contributed by atoms with Crippen LogP contribution in [0, 0.1) is 0 Å². The predicted octanol–water partition coefficient (Wildman–Crippen LogP) is 11.2. The van der Waals surface area contributed by atoms with Gasteiger partial charge in [-0.2, -0.15) is 0 Å². The summed E-state index contributed by atoms with van der Waals surface area (Å²) in [6, 6.07) is 0. The molecule has 1 saturated heterocycles. The molecule has 2 atom stereocenters. The molecular formula is C45H84N2O7S. The smallest absolute Gasteiger partial charge is 0.307 e. The van der Waals surface area contributed by atoms with E-state index >= 15 is 0 Å². The van der Waals surface area contributed by atoms with E-state index in [0.29, 0.717) is 19.4 Å². The van der Waals surface area contributed by atoms with Gasteiger partial charge in [-0.05, 0) is 90.1 Å². The Kier molecular flexibility index (Phi) is 34.1. The van der Waals surface area contributed by atoms with Crippen molar-refractivity contribution in [1.82, 2.24) is 4.90 Å². The van der Waals surface area contributed by atoms with Crippen LogP contribution in [-0.2, 0) is 33.8 Å². The normalized spacial score (nSPS) is 15.0. The largest absolute Gasteiger partial charge is 0.463 e. The van der Waals surface area contributed by atoms with Gasteiger partial charge >= 0.3 is 11.9 Å². The van der Waals surface area contributed by atoms with Gasteiger partial charge in [0.2, 0.25) is 15.5 Å². The molecule has 0 amide bonds. The molecule has 0 bridgehead atoms. The number of ether oxygens (including phenoxy) is 3. The number of likely N-dealkylation sites (tertiary alicyclic amines) is 1. The number of primary sulfonamides is 1. The number of nitrogens with zero attached hydrogens (tertiary/aromatic N) is 1. The van der Waals surface area contributed by atoms with Crippen LogP contribution in [0.4, 0.5) is 0 Å². The lowest BCUT2D eigenvalue weighted by Crippen LogP contribution is -2.46. The topological polar surface area (TPSA) is 125 Å². The zero-order valence-corrected chi connectivity index (χ0v) is 36.3. The Balaban J connectivity index is 2.37. The van der Waals surface area contributed by atoms with E-state index in [-0.39, 0.29) is 26.1 Å². The first-order chi connectivity index (χ1) is 26.8. The van der Waals surface area contributed by atoms with Gasteiger partial charge in [0.15, 0.2) is 0 Å². The van der Waals surface area contributed by atoms with Crippen molar-refractivity contribution in [2.45, 2.75) is 218 Å². The van der Waals surface area contributed by atoms with E-state index in [0.717, 1.165) is 90.1 Å². The predicted molar refractivity (Wildman–Crippen MR) is 228 cm³/mol. The summed E-state index contributed by atoms with van der Waals surface area (Å²) in [6.45, 7) is 6.90. The summed E-state index contributed by atoms with van der Waals surface area (Å²) in [6.07, 6.45) is 40.7. The zero-order valence-electron chi connectivity index (χ0n) is 35.5. The summed E-state index contributed by atoms with van der Waals surface area (Å²) in [5, 5.41) is 5.57. The van der Waals surface area contributed by atoms with Crippen molar-refractivity contribution in [3.05, 3.63) is 24.3 Å². The Bertz CT molecular complexity index is 1080. The van der Waals surface area contributed by atoms with Gasteiger partial charge in [-0.15, -0.1) is 0 Å². The maximum absolute atomic E-state index is 12.8. The van der Waals surface area contributed by atoms with Crippen LogP contribution in [0.15, 0.2) is 24.3 Å². The van der Waals surface area contributed by atoms with Crippen molar-refractivity contribution in [3.63, 3.8) is 0 Å². The molecule has 9 nitrogen and oxygen atoms in total. The van der Waals surface area contributed by atoms with Crippen LogP contribution in [0.25, 0.3) is 0 Å². The third kappa shape index (κ3) is 32.0. The van der Waals surface area contributed by atoms with Crippen molar-refractivity contribution in [3.8, 4) is 0 Å². The second-order valence-corrected chi connectivity index (χ2v) is 17.4. The molecule has 0 radical (unpaired) electrons. The van der Waals surface area contributed by atoms with E-state index in [4.69, 9.17) is 19.3 Å². The summed E-state index contributed by atoms with van der Waals surface area (Å²) in [5.74, 6) is -1.05. The minimum Gasteiger partial charge on any atom is -0.463 e. The number of hydrogen-bond donors (Lipinski definition) is 1. The third-order valence-corrected chi connectivity index (χ3v) is 11.6. The van der Waals surface area contributed by atoms with Crippen molar-refractivity contribution < 1.29 is 32.2 Å². The van der Waals surface area contributed by atoms with Gasteiger partial charge in [-0.1, -0.05) is 141 Å². The Morgan fingerprint density at radius 1 is 0.600 bits per heavy atom. The summed E-state index contributed by atoms with van der Waals surface area (Å²) in [5.41, 5.74) is -1.74. The molecule has 1 fully saturated rings. The van der Waals surface area contributed by atoms with Gasteiger partial charge in [0.05, 0.1) is 6.61 Å². The molecular weight excluding hydrogens is 713 g/mol. The molecule has 10 heteroatoms. The second-order valence-electron chi connectivity index (χ2n) is 15.8. The van der Waals surface area contributed by atoms with Crippen LogP contribution < -0.4 is 5.14 Å². The average molecular weight is 797 g/mol. The van der Waals surface area contributed by atoms with Crippen LogP contribution in [-0.4, -0.2) is 69.6 Å². The molecule has 1 aliphatic heterocycles. The molecule has 55 heavy (non-hydrogen) atoms. The van der Waals surface area contributed by atoms with E-state index in [9.17, 15) is 18.0 Å². The number of sulfonamides is 1. The Morgan fingerprint density at radius 3 is 1.44 bits per heavy atom. The number of hydrogen-bond acceptors (Lipinski definition) is 8. The van der Waals surface area contributed by atoms with Crippen LogP contribution in [0.3, 0.4) is 0 Å². The average Bonchev–Trinajstić information content (AvgIpc) is 3.68. The Hall–Kier alpha value is -1.75. The van der Waals surface area contributed by atoms with E-state index in [1.54, 1.807) is 0 Å². The van der Waals surface area contributed by atoms with Gasteiger partial charge in [0.1, 0.15) is 12.7 Å².